The molecule has 8 nitrogen and oxygen atoms in total. The Bertz CT molecular complexity index is 1250. The van der Waals surface area contributed by atoms with Crippen LogP contribution in [0.4, 0.5) is 0 Å². The highest BCUT2D eigenvalue weighted by Gasteiger charge is 2.23. The fraction of sp³-hybridized carbons (Fsp3) is 0.440. The minimum absolute atomic E-state index is 0.143. The van der Waals surface area contributed by atoms with Crippen LogP contribution < -0.4 is 0 Å². The number of carbonyl (C=O) groups excluding carboxylic acids is 1. The van der Waals surface area contributed by atoms with Crippen molar-refractivity contribution < 1.29 is 13.2 Å². The van der Waals surface area contributed by atoms with Gasteiger partial charge >= 0.3 is 0 Å². The molecule has 0 N–H and O–H groups in total. The molecule has 0 aliphatic carbocycles. The van der Waals surface area contributed by atoms with E-state index in [1.807, 2.05) is 17.9 Å². The third-order valence-corrected chi connectivity index (χ3v) is 8.24. The molecule has 34 heavy (non-hydrogen) atoms. The molecule has 0 spiro atoms. The summed E-state index contributed by atoms with van der Waals surface area (Å²) in [6.45, 7) is 6.87. The molecule has 2 heterocycles. The minimum atomic E-state index is -3.52. The van der Waals surface area contributed by atoms with E-state index in [4.69, 9.17) is 4.98 Å². The maximum atomic E-state index is 12.9. The Morgan fingerprint density at radius 1 is 1.03 bits per heavy atom. The summed E-state index contributed by atoms with van der Waals surface area (Å²) in [5.41, 5.74) is 2.82. The summed E-state index contributed by atoms with van der Waals surface area (Å²) in [5.74, 6) is 0.956. The summed E-state index contributed by atoms with van der Waals surface area (Å²) in [5, 5.41) is 0. The second-order valence-corrected chi connectivity index (χ2v) is 11.0. The van der Waals surface area contributed by atoms with E-state index in [1.165, 1.54) is 24.0 Å². The lowest BCUT2D eigenvalue weighted by molar-refractivity contribution is -0.133. The van der Waals surface area contributed by atoms with Crippen molar-refractivity contribution in [1.82, 2.24) is 23.7 Å². The van der Waals surface area contributed by atoms with Crippen LogP contribution in [0.25, 0.3) is 11.0 Å². The fourth-order valence-corrected chi connectivity index (χ4v) is 5.37. The Morgan fingerprint density at radius 3 is 2.38 bits per heavy atom. The number of hydrogen-bond donors (Lipinski definition) is 0. The number of aromatic nitrogens is 2. The number of aryl methyl sites for hydroxylation is 2. The number of carbonyl (C=O) groups is 1. The maximum absolute atomic E-state index is 12.9. The van der Waals surface area contributed by atoms with Crippen LogP contribution in [-0.2, 0) is 34.3 Å². The van der Waals surface area contributed by atoms with Crippen molar-refractivity contribution in [2.24, 2.45) is 0 Å². The van der Waals surface area contributed by atoms with Gasteiger partial charge in [0.25, 0.3) is 0 Å². The van der Waals surface area contributed by atoms with E-state index in [-0.39, 0.29) is 10.8 Å². The van der Waals surface area contributed by atoms with Crippen molar-refractivity contribution in [2.45, 2.75) is 37.8 Å². The van der Waals surface area contributed by atoms with Crippen LogP contribution in [0.1, 0.15) is 24.7 Å². The number of benzene rings is 2. The van der Waals surface area contributed by atoms with Crippen LogP contribution in [0.15, 0.2) is 53.4 Å². The first-order chi connectivity index (χ1) is 16.3. The van der Waals surface area contributed by atoms with Gasteiger partial charge in [0.15, 0.2) is 0 Å². The smallest absolute Gasteiger partial charge is 0.242 e. The second kappa shape index (κ2) is 10.2. The van der Waals surface area contributed by atoms with Gasteiger partial charge < -0.3 is 9.47 Å². The molecule has 2 aromatic carbocycles. The average Bonchev–Trinajstić information content (AvgIpc) is 3.20. The zero-order chi connectivity index (χ0) is 24.3. The molecule has 1 aliphatic heterocycles. The molecular weight excluding hydrogens is 450 g/mol. The third kappa shape index (κ3) is 5.16. The Kier molecular flexibility index (Phi) is 7.35. The average molecular weight is 484 g/mol. The highest BCUT2D eigenvalue weighted by Crippen LogP contribution is 2.23. The normalized spacial score (nSPS) is 15.4. The van der Waals surface area contributed by atoms with Crippen LogP contribution in [0.2, 0.25) is 0 Å². The monoisotopic (exact) mass is 483 g/mol. The van der Waals surface area contributed by atoms with E-state index in [1.54, 1.807) is 18.2 Å². The molecule has 0 unspecified atom stereocenters. The number of nitrogens with zero attached hydrogens (tertiary/aromatic N) is 5. The highest BCUT2D eigenvalue weighted by atomic mass is 32.2. The predicted molar refractivity (Wildman–Crippen MR) is 133 cm³/mol. The number of sulfonamides is 1. The number of hydrogen-bond acceptors (Lipinski definition) is 5. The van der Waals surface area contributed by atoms with Crippen molar-refractivity contribution in [3.05, 3.63) is 59.9 Å². The van der Waals surface area contributed by atoms with Gasteiger partial charge in [0.2, 0.25) is 15.9 Å². The van der Waals surface area contributed by atoms with Crippen LogP contribution in [0.5, 0.6) is 0 Å². The Morgan fingerprint density at radius 2 is 1.74 bits per heavy atom. The van der Waals surface area contributed by atoms with Crippen molar-refractivity contribution in [3.8, 4) is 0 Å². The third-order valence-electron chi connectivity index (χ3n) is 6.43. The predicted octanol–water partition coefficient (Wildman–Crippen LogP) is 2.58. The molecular formula is C25H33N5O3S. The topological polar surface area (TPSA) is 78.8 Å². The fourth-order valence-electron chi connectivity index (χ4n) is 4.45. The Balaban J connectivity index is 1.38. The van der Waals surface area contributed by atoms with Crippen molar-refractivity contribution in [3.63, 3.8) is 0 Å². The summed E-state index contributed by atoms with van der Waals surface area (Å²) < 4.78 is 28.2. The lowest BCUT2D eigenvalue weighted by atomic mass is 10.2. The zero-order valence-electron chi connectivity index (χ0n) is 20.1. The van der Waals surface area contributed by atoms with Gasteiger partial charge in [-0.2, -0.15) is 0 Å². The first-order valence-corrected chi connectivity index (χ1v) is 13.2. The number of amides is 1. The summed E-state index contributed by atoms with van der Waals surface area (Å²) >= 11 is 0. The van der Waals surface area contributed by atoms with Gasteiger partial charge in [-0.1, -0.05) is 30.3 Å². The van der Waals surface area contributed by atoms with E-state index < -0.39 is 10.0 Å². The SMILES string of the molecule is CCn1c(CCC(=O)N2CCN(Cc3ccccc3)CC2)nc2cc(S(=O)(=O)N(C)C)ccc21. The van der Waals surface area contributed by atoms with Crippen LogP contribution in [-0.4, -0.2) is 78.3 Å². The van der Waals surface area contributed by atoms with E-state index in [0.29, 0.717) is 24.9 Å². The van der Waals surface area contributed by atoms with Gasteiger partial charge in [-0.05, 0) is 30.7 Å². The molecule has 4 rings (SSSR count). The number of fused-ring (bicyclic) bond motifs is 1. The summed E-state index contributed by atoms with van der Waals surface area (Å²) in [6, 6.07) is 15.5. The van der Waals surface area contributed by atoms with E-state index in [9.17, 15) is 13.2 Å². The lowest BCUT2D eigenvalue weighted by Gasteiger charge is -2.34. The van der Waals surface area contributed by atoms with Crippen molar-refractivity contribution in [1.29, 1.82) is 0 Å². The molecule has 0 atom stereocenters. The summed E-state index contributed by atoms with van der Waals surface area (Å²) in [4.78, 5) is 22.1. The van der Waals surface area contributed by atoms with Gasteiger partial charge in [0.05, 0.1) is 15.9 Å². The van der Waals surface area contributed by atoms with Gasteiger partial charge in [0.1, 0.15) is 5.82 Å². The molecule has 1 saturated heterocycles. The van der Waals surface area contributed by atoms with Gasteiger partial charge in [-0.15, -0.1) is 0 Å². The van der Waals surface area contributed by atoms with E-state index in [2.05, 4.69) is 33.7 Å². The molecule has 3 aromatic rings. The highest BCUT2D eigenvalue weighted by molar-refractivity contribution is 7.89. The van der Waals surface area contributed by atoms with Gasteiger partial charge in [-0.25, -0.2) is 17.7 Å². The zero-order valence-corrected chi connectivity index (χ0v) is 21.0. The maximum Gasteiger partial charge on any atom is 0.242 e. The largest absolute Gasteiger partial charge is 0.340 e. The Hall–Kier alpha value is -2.75. The van der Waals surface area contributed by atoms with Crippen LogP contribution >= 0.6 is 0 Å². The summed E-state index contributed by atoms with van der Waals surface area (Å²) in [6.07, 6.45) is 0.923. The molecule has 0 saturated carbocycles. The van der Waals surface area contributed by atoms with Crippen LogP contribution in [0.3, 0.4) is 0 Å². The van der Waals surface area contributed by atoms with Gasteiger partial charge in [0, 0.05) is 66.2 Å². The first-order valence-electron chi connectivity index (χ1n) is 11.8. The number of imidazole rings is 1. The lowest BCUT2D eigenvalue weighted by Crippen LogP contribution is -2.48. The molecule has 1 amide bonds. The first kappa shape index (κ1) is 24.4. The molecule has 9 heteroatoms. The van der Waals surface area contributed by atoms with Gasteiger partial charge in [-0.3, -0.25) is 9.69 Å². The minimum Gasteiger partial charge on any atom is -0.340 e. The quantitative estimate of drug-likeness (QED) is 0.492. The number of rotatable bonds is 8. The molecule has 0 radical (unpaired) electrons. The molecule has 1 fully saturated rings. The summed E-state index contributed by atoms with van der Waals surface area (Å²) in [7, 11) is -0.491. The second-order valence-electron chi connectivity index (χ2n) is 8.85. The van der Waals surface area contributed by atoms with Crippen molar-refractivity contribution in [2.75, 3.05) is 40.3 Å². The van der Waals surface area contributed by atoms with E-state index >= 15 is 0 Å². The molecule has 182 valence electrons. The molecule has 0 bridgehead atoms. The standard InChI is InChI=1S/C25H33N5O3S/c1-4-30-23-11-10-21(34(32,33)27(2)3)18-22(23)26-24(30)12-13-25(31)29-16-14-28(15-17-29)19-20-8-6-5-7-9-20/h5-11,18H,4,12-17,19H2,1-3H3. The number of piperazine rings is 1. The Labute approximate surface area is 201 Å². The molecule has 1 aliphatic rings. The van der Waals surface area contributed by atoms with Crippen molar-refractivity contribution >= 4 is 27.0 Å². The van der Waals surface area contributed by atoms with E-state index in [0.717, 1.165) is 44.1 Å². The van der Waals surface area contributed by atoms with Crippen LogP contribution in [0, 0.1) is 0 Å². The molecule has 1 aromatic heterocycles.